The van der Waals surface area contributed by atoms with Gasteiger partial charge in [0.05, 0.1) is 17.6 Å². The van der Waals surface area contributed by atoms with Gasteiger partial charge in [0, 0.05) is 16.8 Å². The molecule has 0 saturated carbocycles. The van der Waals surface area contributed by atoms with E-state index in [-0.39, 0.29) is 0 Å². The smallest absolute Gasteiger partial charge is 0.121 e. The Morgan fingerprint density at radius 1 is 0.944 bits per heavy atom. The average molecular weight is 237 g/mol. The Bertz CT molecular complexity index is 691. The standard InChI is InChI=1S/C16H15NO/c1-2-9-18-14-8-7-13-10-12-5-3-4-6-15(12)17-16(13)11-14/h3-8,10-11H,2,9H2,1H3. The lowest BCUT2D eigenvalue weighted by Gasteiger charge is -2.06. The van der Waals surface area contributed by atoms with Crippen molar-refractivity contribution in [1.82, 2.24) is 4.98 Å². The van der Waals surface area contributed by atoms with E-state index in [4.69, 9.17) is 4.74 Å². The highest BCUT2D eigenvalue weighted by atomic mass is 16.5. The summed E-state index contributed by atoms with van der Waals surface area (Å²) in [6.07, 6.45) is 1.02. The number of pyridine rings is 1. The number of nitrogens with zero attached hydrogens (tertiary/aromatic N) is 1. The Morgan fingerprint density at radius 3 is 2.67 bits per heavy atom. The molecule has 0 aliphatic rings. The largest absolute Gasteiger partial charge is 0.494 e. The van der Waals surface area contributed by atoms with E-state index < -0.39 is 0 Å². The molecule has 0 saturated heterocycles. The number of hydrogen-bond donors (Lipinski definition) is 0. The Balaban J connectivity index is 2.12. The van der Waals surface area contributed by atoms with Crippen LogP contribution in [0.2, 0.25) is 0 Å². The molecule has 90 valence electrons. The summed E-state index contributed by atoms with van der Waals surface area (Å²) >= 11 is 0. The van der Waals surface area contributed by atoms with Gasteiger partial charge in [0.1, 0.15) is 5.75 Å². The summed E-state index contributed by atoms with van der Waals surface area (Å²) in [5, 5.41) is 2.32. The fourth-order valence-corrected chi connectivity index (χ4v) is 2.06. The van der Waals surface area contributed by atoms with Gasteiger partial charge >= 0.3 is 0 Å². The van der Waals surface area contributed by atoms with Crippen LogP contribution in [0.4, 0.5) is 0 Å². The maximum atomic E-state index is 5.64. The number of aromatic nitrogens is 1. The van der Waals surface area contributed by atoms with Crippen molar-refractivity contribution < 1.29 is 4.74 Å². The average Bonchev–Trinajstić information content (AvgIpc) is 2.42. The van der Waals surface area contributed by atoms with Gasteiger partial charge in [0.2, 0.25) is 0 Å². The van der Waals surface area contributed by atoms with E-state index in [9.17, 15) is 0 Å². The van der Waals surface area contributed by atoms with Crippen LogP contribution < -0.4 is 4.74 Å². The van der Waals surface area contributed by atoms with Crippen molar-refractivity contribution in [3.8, 4) is 5.75 Å². The zero-order valence-corrected chi connectivity index (χ0v) is 10.4. The molecule has 2 aromatic carbocycles. The molecule has 0 amide bonds. The van der Waals surface area contributed by atoms with Crippen molar-refractivity contribution in [2.75, 3.05) is 6.61 Å². The van der Waals surface area contributed by atoms with Crippen LogP contribution in [0.25, 0.3) is 21.8 Å². The third-order valence-corrected chi connectivity index (χ3v) is 2.96. The molecule has 3 aromatic rings. The second kappa shape index (κ2) is 4.65. The summed E-state index contributed by atoms with van der Waals surface area (Å²) in [6, 6.07) is 16.4. The Labute approximate surface area is 106 Å². The van der Waals surface area contributed by atoms with E-state index in [1.807, 2.05) is 30.3 Å². The molecule has 2 heteroatoms. The van der Waals surface area contributed by atoms with E-state index >= 15 is 0 Å². The SMILES string of the molecule is CCCOc1ccc2cc3ccccc3nc2c1. The van der Waals surface area contributed by atoms with Gasteiger partial charge in [-0.3, -0.25) is 0 Å². The summed E-state index contributed by atoms with van der Waals surface area (Å²) < 4.78 is 5.64. The lowest BCUT2D eigenvalue weighted by atomic mass is 10.1. The van der Waals surface area contributed by atoms with Gasteiger partial charge in [0.15, 0.2) is 0 Å². The van der Waals surface area contributed by atoms with Crippen molar-refractivity contribution in [3.63, 3.8) is 0 Å². The van der Waals surface area contributed by atoms with Crippen molar-refractivity contribution in [2.45, 2.75) is 13.3 Å². The van der Waals surface area contributed by atoms with Crippen molar-refractivity contribution in [2.24, 2.45) is 0 Å². The molecular formula is C16H15NO. The van der Waals surface area contributed by atoms with E-state index in [2.05, 4.69) is 30.1 Å². The Morgan fingerprint density at radius 2 is 1.78 bits per heavy atom. The number of ether oxygens (including phenoxy) is 1. The van der Waals surface area contributed by atoms with Gasteiger partial charge in [-0.25, -0.2) is 4.98 Å². The van der Waals surface area contributed by atoms with Crippen LogP contribution in [0.15, 0.2) is 48.5 Å². The van der Waals surface area contributed by atoms with E-state index in [0.29, 0.717) is 0 Å². The number of hydrogen-bond acceptors (Lipinski definition) is 2. The highest BCUT2D eigenvalue weighted by Gasteiger charge is 2.01. The minimum Gasteiger partial charge on any atom is -0.494 e. The third-order valence-electron chi connectivity index (χ3n) is 2.96. The Hall–Kier alpha value is -2.09. The maximum absolute atomic E-state index is 5.64. The lowest BCUT2D eigenvalue weighted by Crippen LogP contribution is -1.94. The van der Waals surface area contributed by atoms with Crippen LogP contribution in [-0.4, -0.2) is 11.6 Å². The molecule has 1 heterocycles. The molecule has 0 bridgehead atoms. The van der Waals surface area contributed by atoms with E-state index in [1.165, 1.54) is 5.39 Å². The monoisotopic (exact) mass is 237 g/mol. The molecule has 1 aromatic heterocycles. The fraction of sp³-hybridized carbons (Fsp3) is 0.188. The second-order valence-electron chi connectivity index (χ2n) is 4.38. The molecule has 2 nitrogen and oxygen atoms in total. The molecule has 18 heavy (non-hydrogen) atoms. The molecule has 0 unspecified atom stereocenters. The lowest BCUT2D eigenvalue weighted by molar-refractivity contribution is 0.318. The minimum absolute atomic E-state index is 0.749. The summed E-state index contributed by atoms with van der Waals surface area (Å²) in [6.45, 7) is 2.85. The topological polar surface area (TPSA) is 22.1 Å². The quantitative estimate of drug-likeness (QED) is 0.637. The van der Waals surface area contributed by atoms with Gasteiger partial charge < -0.3 is 4.74 Å². The summed E-state index contributed by atoms with van der Waals surface area (Å²) in [4.78, 5) is 4.67. The molecule has 0 fully saturated rings. The maximum Gasteiger partial charge on any atom is 0.121 e. The first kappa shape index (κ1) is 11.0. The first-order valence-electron chi connectivity index (χ1n) is 6.29. The van der Waals surface area contributed by atoms with Crippen LogP contribution in [0.1, 0.15) is 13.3 Å². The third kappa shape index (κ3) is 2.02. The van der Waals surface area contributed by atoms with Crippen molar-refractivity contribution in [1.29, 1.82) is 0 Å². The summed E-state index contributed by atoms with van der Waals surface area (Å²) in [7, 11) is 0. The van der Waals surface area contributed by atoms with Gasteiger partial charge in [-0.2, -0.15) is 0 Å². The van der Waals surface area contributed by atoms with Gasteiger partial charge in [0.25, 0.3) is 0 Å². The number of rotatable bonds is 3. The zero-order chi connectivity index (χ0) is 12.4. The number of para-hydroxylation sites is 1. The molecule has 0 N–H and O–H groups in total. The van der Waals surface area contributed by atoms with Crippen molar-refractivity contribution >= 4 is 21.8 Å². The van der Waals surface area contributed by atoms with E-state index in [1.54, 1.807) is 0 Å². The summed E-state index contributed by atoms with van der Waals surface area (Å²) in [5.41, 5.74) is 2.01. The molecular weight excluding hydrogens is 222 g/mol. The van der Waals surface area contributed by atoms with Crippen LogP contribution >= 0.6 is 0 Å². The van der Waals surface area contributed by atoms with Crippen LogP contribution in [-0.2, 0) is 0 Å². The van der Waals surface area contributed by atoms with Crippen LogP contribution in [0, 0.1) is 0 Å². The van der Waals surface area contributed by atoms with Crippen LogP contribution in [0.3, 0.4) is 0 Å². The Kier molecular flexibility index (Phi) is 2.85. The van der Waals surface area contributed by atoms with E-state index in [0.717, 1.165) is 35.2 Å². The van der Waals surface area contributed by atoms with Gasteiger partial charge in [-0.1, -0.05) is 25.1 Å². The van der Waals surface area contributed by atoms with Crippen molar-refractivity contribution in [3.05, 3.63) is 48.5 Å². The predicted molar refractivity (Wildman–Crippen MR) is 75.0 cm³/mol. The number of fused-ring (bicyclic) bond motifs is 2. The summed E-state index contributed by atoms with van der Waals surface area (Å²) in [5.74, 6) is 0.895. The first-order valence-corrected chi connectivity index (χ1v) is 6.29. The molecule has 0 aliphatic carbocycles. The zero-order valence-electron chi connectivity index (χ0n) is 10.4. The fourth-order valence-electron chi connectivity index (χ4n) is 2.06. The molecule has 0 aliphatic heterocycles. The molecule has 0 radical (unpaired) electrons. The number of benzene rings is 2. The van der Waals surface area contributed by atoms with Gasteiger partial charge in [-0.15, -0.1) is 0 Å². The highest BCUT2D eigenvalue weighted by Crippen LogP contribution is 2.23. The second-order valence-corrected chi connectivity index (χ2v) is 4.38. The minimum atomic E-state index is 0.749. The van der Waals surface area contributed by atoms with Gasteiger partial charge in [-0.05, 0) is 30.7 Å². The first-order chi connectivity index (χ1) is 8.86. The normalized spacial score (nSPS) is 10.9. The van der Waals surface area contributed by atoms with Crippen LogP contribution in [0.5, 0.6) is 5.75 Å². The molecule has 0 atom stereocenters. The predicted octanol–water partition coefficient (Wildman–Crippen LogP) is 4.18. The molecule has 3 rings (SSSR count). The highest BCUT2D eigenvalue weighted by molar-refractivity contribution is 5.93. The molecule has 0 spiro atoms.